The number of hydrogen-bond acceptors (Lipinski definition) is 4. The van der Waals surface area contributed by atoms with Gasteiger partial charge in [-0.25, -0.2) is 4.98 Å². The van der Waals surface area contributed by atoms with Crippen molar-refractivity contribution in [3.8, 4) is 0 Å². The van der Waals surface area contributed by atoms with E-state index in [0.29, 0.717) is 5.76 Å². The number of rotatable bonds is 5. The average Bonchev–Trinajstić information content (AvgIpc) is 3.24. The molecule has 2 aromatic heterocycles. The maximum absolute atomic E-state index is 12.9. The fourth-order valence-electron chi connectivity index (χ4n) is 3.08. The van der Waals surface area contributed by atoms with Crippen LogP contribution in [0.2, 0.25) is 0 Å². The molecule has 0 aliphatic heterocycles. The Bertz CT molecular complexity index is 1050. The summed E-state index contributed by atoms with van der Waals surface area (Å²) in [5, 5.41) is 3.99. The average molecular weight is 365 g/mol. The summed E-state index contributed by atoms with van der Waals surface area (Å²) < 4.78 is 5.85. The van der Waals surface area contributed by atoms with Gasteiger partial charge >= 0.3 is 0 Å². The predicted octanol–water partition coefficient (Wildman–Crippen LogP) is 4.66. The monoisotopic (exact) mass is 365 g/mol. The lowest BCUT2D eigenvalue weighted by Gasteiger charge is -2.11. The number of furan rings is 1. The summed E-state index contributed by atoms with van der Waals surface area (Å²) in [4.78, 5) is 20.7. The van der Waals surface area contributed by atoms with Gasteiger partial charge in [-0.1, -0.05) is 30.3 Å². The zero-order valence-electron chi connectivity index (χ0n) is 14.6. The van der Waals surface area contributed by atoms with E-state index >= 15 is 0 Å². The lowest BCUT2D eigenvalue weighted by Crippen LogP contribution is -2.27. The smallest absolute Gasteiger partial charge is 0.287 e. The zero-order chi connectivity index (χ0) is 18.1. The Morgan fingerprint density at radius 3 is 2.81 bits per heavy atom. The first-order valence-corrected chi connectivity index (χ1v) is 9.81. The molecule has 4 aromatic rings. The van der Waals surface area contributed by atoms with Gasteiger partial charge in [-0.05, 0) is 31.4 Å². The number of para-hydroxylation sites is 3. The third-order valence-corrected chi connectivity index (χ3v) is 4.94. The number of imidazole rings is 1. The number of hydrogen-bond donors (Lipinski definition) is 2. The van der Waals surface area contributed by atoms with E-state index < -0.39 is 0 Å². The molecule has 0 spiro atoms. The molecule has 6 heteroatoms. The molecule has 0 aliphatic carbocycles. The maximum atomic E-state index is 12.9. The quantitative estimate of drug-likeness (QED) is 0.539. The Labute approximate surface area is 155 Å². The van der Waals surface area contributed by atoms with Crippen molar-refractivity contribution in [2.24, 2.45) is 0 Å². The minimum Gasteiger partial charge on any atom is -0.451 e. The number of nitrogens with one attached hydrogen (secondary N) is 2. The second-order valence-electron chi connectivity index (χ2n) is 6.17. The molecule has 0 saturated carbocycles. The van der Waals surface area contributed by atoms with E-state index in [0.717, 1.165) is 39.1 Å². The lowest BCUT2D eigenvalue weighted by atomic mass is 10.1. The summed E-state index contributed by atoms with van der Waals surface area (Å²) in [5.74, 6) is 1.60. The Morgan fingerprint density at radius 1 is 1.23 bits per heavy atom. The summed E-state index contributed by atoms with van der Waals surface area (Å²) in [6.07, 6.45) is 2.01. The zero-order valence-corrected chi connectivity index (χ0v) is 15.4. The molecule has 132 valence electrons. The number of carbonyl (C=O) groups is 1. The topological polar surface area (TPSA) is 70.9 Å². The Kier molecular flexibility index (Phi) is 4.42. The van der Waals surface area contributed by atoms with Gasteiger partial charge in [0.2, 0.25) is 0 Å². The third-order valence-electron chi connectivity index (χ3n) is 4.36. The van der Waals surface area contributed by atoms with E-state index in [1.165, 1.54) is 0 Å². The predicted molar refractivity (Wildman–Crippen MR) is 105 cm³/mol. The number of nitrogens with zero attached hydrogens (tertiary/aromatic N) is 1. The van der Waals surface area contributed by atoms with Crippen LogP contribution in [0.15, 0.2) is 52.9 Å². The Balaban J connectivity index is 1.63. The van der Waals surface area contributed by atoms with Crippen LogP contribution in [-0.4, -0.2) is 22.1 Å². The number of aromatic nitrogens is 2. The van der Waals surface area contributed by atoms with Gasteiger partial charge in [0.15, 0.2) is 5.76 Å². The molecule has 0 bridgehead atoms. The van der Waals surface area contributed by atoms with Gasteiger partial charge in [-0.3, -0.25) is 4.79 Å². The molecule has 0 radical (unpaired) electrons. The van der Waals surface area contributed by atoms with Gasteiger partial charge in [-0.2, -0.15) is 11.8 Å². The summed E-state index contributed by atoms with van der Waals surface area (Å²) in [7, 11) is 0. The molecule has 26 heavy (non-hydrogen) atoms. The molecule has 2 N–H and O–H groups in total. The Morgan fingerprint density at radius 2 is 2.00 bits per heavy atom. The summed E-state index contributed by atoms with van der Waals surface area (Å²) in [6, 6.07) is 15.3. The first-order chi connectivity index (χ1) is 12.7. The highest BCUT2D eigenvalue weighted by Gasteiger charge is 2.22. The van der Waals surface area contributed by atoms with Crippen molar-refractivity contribution < 1.29 is 9.21 Å². The van der Waals surface area contributed by atoms with E-state index in [1.54, 1.807) is 11.8 Å². The van der Waals surface area contributed by atoms with E-state index in [-0.39, 0.29) is 11.9 Å². The van der Waals surface area contributed by atoms with Gasteiger partial charge < -0.3 is 14.7 Å². The largest absolute Gasteiger partial charge is 0.451 e. The van der Waals surface area contributed by atoms with Gasteiger partial charge in [0, 0.05) is 16.7 Å². The van der Waals surface area contributed by atoms with Gasteiger partial charge in [0.05, 0.1) is 17.1 Å². The van der Waals surface area contributed by atoms with Crippen molar-refractivity contribution in [3.63, 3.8) is 0 Å². The van der Waals surface area contributed by atoms with Crippen LogP contribution in [0.3, 0.4) is 0 Å². The molecule has 1 amide bonds. The highest BCUT2D eigenvalue weighted by molar-refractivity contribution is 7.97. The molecule has 5 nitrogen and oxygen atoms in total. The molecular weight excluding hydrogens is 346 g/mol. The second kappa shape index (κ2) is 6.88. The van der Waals surface area contributed by atoms with Crippen LogP contribution < -0.4 is 5.32 Å². The van der Waals surface area contributed by atoms with E-state index in [4.69, 9.17) is 4.42 Å². The second-order valence-corrected chi connectivity index (χ2v) is 7.04. The van der Waals surface area contributed by atoms with Crippen LogP contribution in [0.25, 0.3) is 22.0 Å². The van der Waals surface area contributed by atoms with Crippen LogP contribution >= 0.6 is 11.8 Å². The third kappa shape index (κ3) is 2.97. The highest BCUT2D eigenvalue weighted by Crippen LogP contribution is 2.29. The molecule has 4 rings (SSSR count). The van der Waals surface area contributed by atoms with E-state index in [9.17, 15) is 4.79 Å². The lowest BCUT2D eigenvalue weighted by molar-refractivity contribution is 0.0911. The number of amides is 1. The number of carbonyl (C=O) groups excluding carboxylic acids is 1. The first kappa shape index (κ1) is 16.7. The van der Waals surface area contributed by atoms with Crippen molar-refractivity contribution in [2.45, 2.75) is 18.7 Å². The first-order valence-electron chi connectivity index (χ1n) is 8.42. The minimum atomic E-state index is -0.259. The van der Waals surface area contributed by atoms with Crippen molar-refractivity contribution in [3.05, 3.63) is 65.7 Å². The standard InChI is InChI=1S/C20H19N3O2S/c1-12(19-22-15-8-4-5-9-16(15)23-19)21-20(24)18-14(11-26-2)13-7-3-6-10-17(13)25-18/h3-10,12H,11H2,1-2H3,(H,21,24)(H,22,23). The van der Waals surface area contributed by atoms with Gasteiger partial charge in [-0.15, -0.1) is 0 Å². The number of thioether (sulfide) groups is 1. The minimum absolute atomic E-state index is 0.224. The molecule has 0 fully saturated rings. The SMILES string of the molecule is CSCc1c(C(=O)NC(C)c2nc3ccccc3[nH]2)oc2ccccc12. The van der Waals surface area contributed by atoms with Crippen LogP contribution in [0.5, 0.6) is 0 Å². The highest BCUT2D eigenvalue weighted by atomic mass is 32.2. The molecule has 2 heterocycles. The van der Waals surface area contributed by atoms with Crippen LogP contribution in [-0.2, 0) is 5.75 Å². The van der Waals surface area contributed by atoms with E-state index in [2.05, 4.69) is 15.3 Å². The van der Waals surface area contributed by atoms with Crippen molar-refractivity contribution in [1.29, 1.82) is 0 Å². The van der Waals surface area contributed by atoms with Crippen molar-refractivity contribution in [2.75, 3.05) is 6.26 Å². The van der Waals surface area contributed by atoms with Gasteiger partial charge in [0.25, 0.3) is 5.91 Å². The molecule has 0 aliphatic rings. The van der Waals surface area contributed by atoms with Crippen LogP contribution in [0.4, 0.5) is 0 Å². The fourth-order valence-corrected chi connectivity index (χ4v) is 3.65. The normalized spacial score (nSPS) is 12.5. The number of fused-ring (bicyclic) bond motifs is 2. The maximum Gasteiger partial charge on any atom is 0.287 e. The van der Waals surface area contributed by atoms with Crippen molar-refractivity contribution in [1.82, 2.24) is 15.3 Å². The fraction of sp³-hybridized carbons (Fsp3) is 0.200. The van der Waals surface area contributed by atoms with Crippen LogP contribution in [0.1, 0.15) is 34.9 Å². The molecule has 2 aromatic carbocycles. The molecule has 1 unspecified atom stereocenters. The number of benzene rings is 2. The summed E-state index contributed by atoms with van der Waals surface area (Å²) >= 11 is 1.67. The summed E-state index contributed by atoms with van der Waals surface area (Å²) in [5.41, 5.74) is 3.51. The van der Waals surface area contributed by atoms with Crippen molar-refractivity contribution >= 4 is 39.7 Å². The molecule has 0 saturated heterocycles. The molecular formula is C20H19N3O2S. The molecule has 1 atom stereocenters. The number of H-pyrrole nitrogens is 1. The Hall–Kier alpha value is -2.73. The summed E-state index contributed by atoms with van der Waals surface area (Å²) in [6.45, 7) is 1.91. The van der Waals surface area contributed by atoms with E-state index in [1.807, 2.05) is 61.7 Å². The van der Waals surface area contributed by atoms with Crippen LogP contribution in [0, 0.1) is 0 Å². The van der Waals surface area contributed by atoms with Gasteiger partial charge in [0.1, 0.15) is 11.4 Å². The number of aromatic amines is 1.